The monoisotopic (exact) mass is 393 g/mol. The average molecular weight is 393 g/mol. The minimum Gasteiger partial charge on any atom is -0.356 e. The molecule has 0 fully saturated rings. The van der Waals surface area contributed by atoms with Crippen molar-refractivity contribution in [3.8, 4) is 0 Å². The van der Waals surface area contributed by atoms with E-state index in [0.29, 0.717) is 25.8 Å². The van der Waals surface area contributed by atoms with Gasteiger partial charge >= 0.3 is 0 Å². The number of unbranched alkanes of at least 4 members (excludes halogenated alkanes) is 2. The number of aromatic nitrogens is 1. The van der Waals surface area contributed by atoms with E-state index in [9.17, 15) is 9.59 Å². The van der Waals surface area contributed by atoms with E-state index in [4.69, 9.17) is 5.21 Å². The molecule has 0 saturated heterocycles. The Balaban J connectivity index is 1.58. The molecule has 2 amide bonds. The van der Waals surface area contributed by atoms with E-state index in [1.807, 2.05) is 30.3 Å². The molecular formula is C23H27N3O3. The first-order valence-corrected chi connectivity index (χ1v) is 9.98. The summed E-state index contributed by atoms with van der Waals surface area (Å²) in [6, 6.07) is 20.5. The maximum atomic E-state index is 12.5. The molecule has 152 valence electrons. The topological polar surface area (TPSA) is 83.4 Å². The Morgan fingerprint density at radius 3 is 2.45 bits per heavy atom. The number of carbonyl (C=O) groups excluding carboxylic acids is 2. The van der Waals surface area contributed by atoms with E-state index in [1.165, 1.54) is 5.56 Å². The third kappa shape index (κ3) is 5.93. The molecule has 6 nitrogen and oxygen atoms in total. The number of hydrogen-bond acceptors (Lipinski definition) is 3. The number of nitrogens with one attached hydrogen (secondary N) is 2. The molecule has 3 N–H and O–H groups in total. The average Bonchev–Trinajstić information content (AvgIpc) is 3.08. The van der Waals surface area contributed by atoms with Crippen LogP contribution in [0.15, 0.2) is 60.7 Å². The summed E-state index contributed by atoms with van der Waals surface area (Å²) >= 11 is 0. The third-order valence-electron chi connectivity index (χ3n) is 4.95. The molecular weight excluding hydrogens is 366 g/mol. The smallest absolute Gasteiger partial charge is 0.243 e. The van der Waals surface area contributed by atoms with Crippen molar-refractivity contribution in [2.45, 2.75) is 38.6 Å². The van der Waals surface area contributed by atoms with Gasteiger partial charge in [-0.15, -0.1) is 0 Å². The highest BCUT2D eigenvalue weighted by molar-refractivity contribution is 5.85. The highest BCUT2D eigenvalue weighted by Crippen LogP contribution is 2.22. The van der Waals surface area contributed by atoms with Gasteiger partial charge in [0.25, 0.3) is 0 Å². The van der Waals surface area contributed by atoms with Gasteiger partial charge in [0.2, 0.25) is 11.8 Å². The molecule has 0 aliphatic carbocycles. The number of hydroxylamine groups is 1. The summed E-state index contributed by atoms with van der Waals surface area (Å²) in [6.45, 7) is 1.31. The quantitative estimate of drug-likeness (QED) is 0.280. The molecule has 3 rings (SSSR count). The van der Waals surface area contributed by atoms with Crippen molar-refractivity contribution in [3.63, 3.8) is 0 Å². The van der Waals surface area contributed by atoms with E-state index in [-0.39, 0.29) is 11.8 Å². The first-order valence-electron chi connectivity index (χ1n) is 9.98. The second kappa shape index (κ2) is 10.4. The second-order valence-corrected chi connectivity index (χ2v) is 7.14. The van der Waals surface area contributed by atoms with Gasteiger partial charge in [-0.2, -0.15) is 0 Å². The fraction of sp³-hybridized carbons (Fsp3) is 0.304. The van der Waals surface area contributed by atoms with Crippen LogP contribution in [0.5, 0.6) is 0 Å². The van der Waals surface area contributed by atoms with Crippen molar-refractivity contribution in [3.05, 3.63) is 71.9 Å². The lowest BCUT2D eigenvalue weighted by Crippen LogP contribution is -2.27. The Labute approximate surface area is 170 Å². The van der Waals surface area contributed by atoms with E-state index < -0.39 is 0 Å². The second-order valence-electron chi connectivity index (χ2n) is 7.14. The van der Waals surface area contributed by atoms with Gasteiger partial charge in [0.15, 0.2) is 0 Å². The number of rotatable bonds is 10. The Morgan fingerprint density at radius 1 is 0.897 bits per heavy atom. The predicted molar refractivity (Wildman–Crippen MR) is 113 cm³/mol. The lowest BCUT2D eigenvalue weighted by atomic mass is 10.2. The largest absolute Gasteiger partial charge is 0.356 e. The first kappa shape index (κ1) is 20.6. The lowest BCUT2D eigenvalue weighted by molar-refractivity contribution is -0.129. The molecule has 0 saturated carbocycles. The first-order chi connectivity index (χ1) is 14.2. The van der Waals surface area contributed by atoms with Crippen LogP contribution >= 0.6 is 0 Å². The van der Waals surface area contributed by atoms with Gasteiger partial charge in [-0.25, -0.2) is 5.48 Å². The van der Waals surface area contributed by atoms with Gasteiger partial charge in [0.05, 0.1) is 6.42 Å². The SMILES string of the molecule is O=C(CCCCCNC(=O)Cc1cc2ccccc2n1Cc1ccccc1)NO. The van der Waals surface area contributed by atoms with Crippen molar-refractivity contribution in [1.29, 1.82) is 0 Å². The van der Waals surface area contributed by atoms with Crippen LogP contribution in [0.3, 0.4) is 0 Å². The predicted octanol–water partition coefficient (Wildman–Crippen LogP) is 3.41. The van der Waals surface area contributed by atoms with Gasteiger partial charge in [-0.1, -0.05) is 55.0 Å². The number of fused-ring (bicyclic) bond motifs is 1. The van der Waals surface area contributed by atoms with Gasteiger partial charge in [0, 0.05) is 30.7 Å². The molecule has 29 heavy (non-hydrogen) atoms. The summed E-state index contributed by atoms with van der Waals surface area (Å²) in [7, 11) is 0. The van der Waals surface area contributed by atoms with Crippen molar-refractivity contribution < 1.29 is 14.8 Å². The molecule has 3 aromatic rings. The summed E-state index contributed by atoms with van der Waals surface area (Å²) in [6.07, 6.45) is 2.94. The summed E-state index contributed by atoms with van der Waals surface area (Å²) < 4.78 is 2.21. The van der Waals surface area contributed by atoms with E-state index >= 15 is 0 Å². The van der Waals surface area contributed by atoms with Crippen molar-refractivity contribution in [2.24, 2.45) is 0 Å². The van der Waals surface area contributed by atoms with E-state index in [2.05, 4.69) is 40.2 Å². The number of amides is 2. The van der Waals surface area contributed by atoms with Gasteiger partial charge in [0.1, 0.15) is 0 Å². The fourth-order valence-electron chi connectivity index (χ4n) is 3.46. The minimum absolute atomic E-state index is 0.00443. The van der Waals surface area contributed by atoms with Crippen LogP contribution in [0.4, 0.5) is 0 Å². The number of benzene rings is 2. The van der Waals surface area contributed by atoms with Crippen molar-refractivity contribution >= 4 is 22.7 Å². The Kier molecular flexibility index (Phi) is 7.41. The van der Waals surface area contributed by atoms with E-state index in [1.54, 1.807) is 5.48 Å². The maximum Gasteiger partial charge on any atom is 0.243 e. The standard InChI is InChI=1S/C23H27N3O3/c27-22(25-29)13-5-2-8-14-24-23(28)16-20-15-19-11-6-7-12-21(19)26(20)17-18-9-3-1-4-10-18/h1,3-4,6-7,9-12,15,29H,2,5,8,13-14,16-17H2,(H,24,28)(H,25,27). The molecule has 1 heterocycles. The third-order valence-corrected chi connectivity index (χ3v) is 4.95. The molecule has 6 heteroatoms. The number of carbonyl (C=O) groups is 2. The molecule has 0 aliphatic heterocycles. The van der Waals surface area contributed by atoms with E-state index in [0.717, 1.165) is 36.0 Å². The lowest BCUT2D eigenvalue weighted by Gasteiger charge is -2.11. The zero-order valence-corrected chi connectivity index (χ0v) is 16.4. The summed E-state index contributed by atoms with van der Waals surface area (Å²) in [5.74, 6) is -0.379. The van der Waals surface area contributed by atoms with Crippen LogP contribution in [0.2, 0.25) is 0 Å². The number of para-hydroxylation sites is 1. The highest BCUT2D eigenvalue weighted by atomic mass is 16.5. The highest BCUT2D eigenvalue weighted by Gasteiger charge is 2.12. The zero-order chi connectivity index (χ0) is 20.5. The van der Waals surface area contributed by atoms with Crippen molar-refractivity contribution in [1.82, 2.24) is 15.4 Å². The zero-order valence-electron chi connectivity index (χ0n) is 16.4. The van der Waals surface area contributed by atoms with Gasteiger partial charge in [-0.3, -0.25) is 14.8 Å². The Morgan fingerprint density at radius 2 is 1.66 bits per heavy atom. The molecule has 0 aliphatic rings. The van der Waals surface area contributed by atoms with Gasteiger partial charge < -0.3 is 9.88 Å². The van der Waals surface area contributed by atoms with Gasteiger partial charge in [-0.05, 0) is 35.9 Å². The molecule has 0 bridgehead atoms. The maximum absolute atomic E-state index is 12.5. The van der Waals surface area contributed by atoms with Crippen LogP contribution in [-0.4, -0.2) is 28.1 Å². The Hall–Kier alpha value is -3.12. The van der Waals surface area contributed by atoms with Crippen LogP contribution in [0.1, 0.15) is 36.9 Å². The van der Waals surface area contributed by atoms with Crippen LogP contribution in [-0.2, 0) is 22.6 Å². The number of nitrogens with zero attached hydrogens (tertiary/aromatic N) is 1. The normalized spacial score (nSPS) is 10.8. The molecule has 0 radical (unpaired) electrons. The van der Waals surface area contributed by atoms with Crippen LogP contribution in [0, 0.1) is 0 Å². The molecule has 0 unspecified atom stereocenters. The van der Waals surface area contributed by atoms with Crippen LogP contribution in [0.25, 0.3) is 10.9 Å². The van der Waals surface area contributed by atoms with Crippen LogP contribution < -0.4 is 10.8 Å². The molecule has 0 spiro atoms. The molecule has 1 aromatic heterocycles. The summed E-state index contributed by atoms with van der Waals surface area (Å²) in [5, 5.41) is 12.6. The Bertz CT molecular complexity index is 950. The van der Waals surface area contributed by atoms with Crippen molar-refractivity contribution in [2.75, 3.05) is 6.54 Å². The molecule has 2 aromatic carbocycles. The number of hydrogen-bond donors (Lipinski definition) is 3. The summed E-state index contributed by atoms with van der Waals surface area (Å²) in [4.78, 5) is 23.4. The molecule has 0 atom stereocenters. The minimum atomic E-state index is -0.375. The summed E-state index contributed by atoms with van der Waals surface area (Å²) in [5.41, 5.74) is 4.94. The fourth-order valence-corrected chi connectivity index (χ4v) is 3.46.